The second-order valence-electron chi connectivity index (χ2n) is 9.24. The first kappa shape index (κ1) is 23.1. The summed E-state index contributed by atoms with van der Waals surface area (Å²) in [4.78, 5) is 24.9. The predicted molar refractivity (Wildman–Crippen MR) is 137 cm³/mol. The van der Waals surface area contributed by atoms with Crippen LogP contribution < -0.4 is 5.43 Å². The normalized spacial score (nSPS) is 12.8. The van der Waals surface area contributed by atoms with E-state index in [1.165, 1.54) is 0 Å². The topological polar surface area (TPSA) is 45.0 Å². The van der Waals surface area contributed by atoms with Crippen molar-refractivity contribution in [1.82, 2.24) is 4.90 Å². The molecule has 0 amide bonds. The Hall–Kier alpha value is -2.53. The minimum absolute atomic E-state index is 0.0997. The second kappa shape index (κ2) is 8.91. The molecule has 0 aliphatic carbocycles. The molecule has 0 aliphatic heterocycles. The molecule has 0 aliphatic rings. The molecule has 3 aromatic rings. The minimum atomic E-state index is -0.365. The van der Waals surface area contributed by atoms with E-state index in [1.54, 1.807) is 11.3 Å². The summed E-state index contributed by atoms with van der Waals surface area (Å²) in [5.74, 6) is 0.752. The highest BCUT2D eigenvalue weighted by atomic mass is 32.1. The van der Waals surface area contributed by atoms with Crippen molar-refractivity contribution < 1.29 is 0 Å². The molecule has 5 heteroatoms. The van der Waals surface area contributed by atoms with Crippen molar-refractivity contribution in [2.45, 2.75) is 73.0 Å². The average Bonchev–Trinajstić information content (AvgIpc) is 2.66. The Morgan fingerprint density at radius 1 is 0.968 bits per heavy atom. The Kier molecular flexibility index (Phi) is 6.65. The zero-order valence-corrected chi connectivity index (χ0v) is 20.7. The van der Waals surface area contributed by atoms with Gasteiger partial charge in [0, 0.05) is 38.0 Å². The van der Waals surface area contributed by atoms with Gasteiger partial charge in [-0.3, -0.25) is 4.79 Å². The fourth-order valence-electron chi connectivity index (χ4n) is 4.02. The molecule has 2 aromatic carbocycles. The first-order valence-electron chi connectivity index (χ1n) is 10.9. The molecule has 1 aromatic heterocycles. The molecule has 31 heavy (non-hydrogen) atoms. The lowest BCUT2D eigenvalue weighted by molar-refractivity contribution is 0.173. The molecule has 0 spiro atoms. The maximum atomic E-state index is 13.0. The first-order chi connectivity index (χ1) is 14.5. The summed E-state index contributed by atoms with van der Waals surface area (Å²) in [6.07, 6.45) is 0. The summed E-state index contributed by atoms with van der Waals surface area (Å²) in [5, 5.41) is 1.56. The van der Waals surface area contributed by atoms with Gasteiger partial charge >= 0.3 is 0 Å². The van der Waals surface area contributed by atoms with Crippen molar-refractivity contribution in [3.8, 4) is 0 Å². The smallest absolute Gasteiger partial charge is 0.221 e. The molecule has 0 radical (unpaired) electrons. The maximum Gasteiger partial charge on any atom is 0.221 e. The number of rotatable bonds is 4. The second-order valence-corrected chi connectivity index (χ2v) is 10.3. The molecule has 4 nitrogen and oxygen atoms in total. The Morgan fingerprint density at radius 3 is 2.23 bits per heavy atom. The summed E-state index contributed by atoms with van der Waals surface area (Å²) in [5.41, 5.74) is 1.85. The van der Waals surface area contributed by atoms with Crippen LogP contribution in [0.1, 0.15) is 61.0 Å². The molecule has 1 heterocycles. The third kappa shape index (κ3) is 4.72. The molecule has 0 atom stereocenters. The number of hydrogen-bond acceptors (Lipinski definition) is 3. The molecule has 0 unspecified atom stereocenters. The highest BCUT2D eigenvalue weighted by molar-refractivity contribution is 7.24. The van der Waals surface area contributed by atoms with Crippen LogP contribution in [0.15, 0.2) is 57.2 Å². The Morgan fingerprint density at radius 2 is 1.61 bits per heavy atom. The van der Waals surface area contributed by atoms with E-state index >= 15 is 0 Å². The van der Waals surface area contributed by atoms with Crippen molar-refractivity contribution in [1.29, 1.82) is 0 Å². The van der Waals surface area contributed by atoms with Crippen molar-refractivity contribution >= 4 is 43.2 Å². The lowest BCUT2D eigenvalue weighted by Gasteiger charge is -2.43. The van der Waals surface area contributed by atoms with E-state index in [4.69, 9.17) is 9.98 Å². The van der Waals surface area contributed by atoms with E-state index in [0.717, 1.165) is 37.4 Å². The van der Waals surface area contributed by atoms with Gasteiger partial charge in [-0.2, -0.15) is 0 Å². The molecule has 0 saturated carbocycles. The van der Waals surface area contributed by atoms with Gasteiger partial charge in [0.1, 0.15) is 0 Å². The quantitative estimate of drug-likeness (QED) is 0.263. The van der Waals surface area contributed by atoms with Crippen LogP contribution in [0.5, 0.6) is 0 Å². The largest absolute Gasteiger partial charge is 0.330 e. The minimum Gasteiger partial charge on any atom is -0.330 e. The fourth-order valence-corrected chi connectivity index (χ4v) is 5.13. The lowest BCUT2D eigenvalue weighted by atomic mass is 9.90. The van der Waals surface area contributed by atoms with Gasteiger partial charge in [-0.15, -0.1) is 11.3 Å². The molecule has 3 rings (SSSR count). The molecule has 164 valence electrons. The average molecular weight is 436 g/mol. The highest BCUT2D eigenvalue weighted by Gasteiger charge is 2.34. The number of guanidine groups is 1. The molecule has 0 fully saturated rings. The molecule has 0 saturated heterocycles. The van der Waals surface area contributed by atoms with Gasteiger partial charge in [-0.1, -0.05) is 18.2 Å². The zero-order valence-electron chi connectivity index (χ0n) is 19.9. The molecule has 0 bridgehead atoms. The van der Waals surface area contributed by atoms with E-state index in [0.29, 0.717) is 0 Å². The fraction of sp³-hybridized carbons (Fsp3) is 0.423. The maximum absolute atomic E-state index is 13.0. The summed E-state index contributed by atoms with van der Waals surface area (Å²) in [6, 6.07) is 14.4. The Bertz CT molecular complexity index is 1210. The molecule has 0 N–H and O–H groups in total. The van der Waals surface area contributed by atoms with Gasteiger partial charge in [-0.25, -0.2) is 9.98 Å². The van der Waals surface area contributed by atoms with Crippen LogP contribution in [0.2, 0.25) is 0 Å². The SMILES string of the molecule is CC(C)=N/C(=N/C(C)C)N(C(C)C)C(C)(C)c1ccc2c(=O)c3ccccc3sc2c1. The van der Waals surface area contributed by atoms with Crippen molar-refractivity contribution in [2.75, 3.05) is 0 Å². The number of aliphatic imine (C=N–C) groups is 2. The predicted octanol–water partition coefficient (Wildman–Crippen LogP) is 6.61. The van der Waals surface area contributed by atoms with E-state index in [9.17, 15) is 4.79 Å². The standard InChI is InChI=1S/C26H33N3OS/c1-16(2)27-25(28-17(3)4)29(18(5)6)26(7,8)19-13-14-21-23(15-19)31-22-12-10-9-11-20(22)24(21)30/h9-16,18H,1-8H3/b27-25-. The van der Waals surface area contributed by atoms with Crippen LogP contribution in [-0.2, 0) is 5.54 Å². The van der Waals surface area contributed by atoms with Crippen LogP contribution >= 0.6 is 11.3 Å². The number of hydrogen-bond donors (Lipinski definition) is 0. The van der Waals surface area contributed by atoms with E-state index < -0.39 is 0 Å². The van der Waals surface area contributed by atoms with Crippen LogP contribution in [0, 0.1) is 0 Å². The van der Waals surface area contributed by atoms with E-state index in [-0.39, 0.29) is 23.1 Å². The number of nitrogens with zero attached hydrogens (tertiary/aromatic N) is 3. The summed E-state index contributed by atoms with van der Waals surface area (Å²) < 4.78 is 2.03. The first-order valence-corrected chi connectivity index (χ1v) is 11.7. The van der Waals surface area contributed by atoms with Crippen LogP contribution in [0.25, 0.3) is 20.2 Å². The zero-order chi connectivity index (χ0) is 22.9. The van der Waals surface area contributed by atoms with Crippen LogP contribution in [-0.4, -0.2) is 28.7 Å². The van der Waals surface area contributed by atoms with Gasteiger partial charge in [0.25, 0.3) is 0 Å². The van der Waals surface area contributed by atoms with Crippen molar-refractivity contribution in [3.63, 3.8) is 0 Å². The highest BCUT2D eigenvalue weighted by Crippen LogP contribution is 2.34. The molecular weight excluding hydrogens is 402 g/mol. The lowest BCUT2D eigenvalue weighted by Crippen LogP contribution is -2.49. The Balaban J connectivity index is 2.21. The van der Waals surface area contributed by atoms with Gasteiger partial charge in [0.05, 0.1) is 5.54 Å². The van der Waals surface area contributed by atoms with Crippen molar-refractivity contribution in [2.24, 2.45) is 9.98 Å². The van der Waals surface area contributed by atoms with Gasteiger partial charge < -0.3 is 4.90 Å². The number of fused-ring (bicyclic) bond motifs is 2. The molecular formula is C26H33N3OS. The van der Waals surface area contributed by atoms with Gasteiger partial charge in [0.2, 0.25) is 5.96 Å². The van der Waals surface area contributed by atoms with Crippen molar-refractivity contribution in [3.05, 3.63) is 58.3 Å². The monoisotopic (exact) mass is 435 g/mol. The van der Waals surface area contributed by atoms with Crippen LogP contribution in [0.4, 0.5) is 0 Å². The van der Waals surface area contributed by atoms with Gasteiger partial charge in [-0.05, 0) is 85.2 Å². The number of benzene rings is 2. The van der Waals surface area contributed by atoms with E-state index in [1.807, 2.05) is 44.2 Å². The Labute approximate surface area is 189 Å². The summed E-state index contributed by atoms with van der Waals surface area (Å²) in [6.45, 7) is 16.9. The van der Waals surface area contributed by atoms with Crippen LogP contribution in [0.3, 0.4) is 0 Å². The van der Waals surface area contributed by atoms with Gasteiger partial charge in [0.15, 0.2) is 5.43 Å². The summed E-state index contributed by atoms with van der Waals surface area (Å²) >= 11 is 1.67. The third-order valence-corrected chi connectivity index (χ3v) is 6.45. The summed E-state index contributed by atoms with van der Waals surface area (Å²) in [7, 11) is 0. The van der Waals surface area contributed by atoms with E-state index in [2.05, 4.69) is 58.6 Å². The third-order valence-electron chi connectivity index (χ3n) is 5.32.